The van der Waals surface area contributed by atoms with Gasteiger partial charge in [0.25, 0.3) is 0 Å². The van der Waals surface area contributed by atoms with Crippen molar-refractivity contribution >= 4 is 33.0 Å². The molecule has 1 aliphatic heterocycles. The summed E-state index contributed by atoms with van der Waals surface area (Å²) in [7, 11) is -3.46. The molecule has 1 saturated heterocycles. The van der Waals surface area contributed by atoms with Gasteiger partial charge in [-0.15, -0.1) is 0 Å². The van der Waals surface area contributed by atoms with Crippen LogP contribution >= 0.6 is 11.3 Å². The average Bonchev–Trinajstić information content (AvgIpc) is 3.08. The van der Waals surface area contributed by atoms with Crippen LogP contribution in [-0.4, -0.2) is 31.7 Å². The van der Waals surface area contributed by atoms with Gasteiger partial charge in [0.15, 0.2) is 0 Å². The van der Waals surface area contributed by atoms with Gasteiger partial charge in [-0.05, 0) is 65.4 Å². The Balaban J connectivity index is 1.66. The minimum absolute atomic E-state index is 0.112. The average molecular weight is 379 g/mol. The molecule has 5 nitrogen and oxygen atoms in total. The molecule has 2 aromatic rings. The third-order valence-electron chi connectivity index (χ3n) is 4.34. The summed E-state index contributed by atoms with van der Waals surface area (Å²) in [5, 5.41) is 6.68. The Bertz CT molecular complexity index is 815. The summed E-state index contributed by atoms with van der Waals surface area (Å²) in [6.07, 6.45) is 2.29. The van der Waals surface area contributed by atoms with Crippen LogP contribution in [0.15, 0.2) is 46.0 Å². The first-order chi connectivity index (χ1) is 11.9. The molecule has 0 radical (unpaired) electrons. The Morgan fingerprint density at radius 2 is 2.04 bits per heavy atom. The van der Waals surface area contributed by atoms with Gasteiger partial charge in [-0.25, -0.2) is 8.42 Å². The quantitative estimate of drug-likeness (QED) is 0.868. The number of thiophene rings is 1. The number of carbonyl (C=O) groups is 1. The molecule has 1 N–H and O–H groups in total. The first-order valence-corrected chi connectivity index (χ1v) is 10.7. The highest BCUT2D eigenvalue weighted by molar-refractivity contribution is 7.89. The molecule has 3 rings (SSSR count). The zero-order chi connectivity index (χ0) is 17.9. The molecule has 0 aliphatic carbocycles. The molecule has 0 saturated carbocycles. The van der Waals surface area contributed by atoms with Crippen molar-refractivity contribution in [2.45, 2.75) is 31.1 Å². The first-order valence-electron chi connectivity index (χ1n) is 8.36. The van der Waals surface area contributed by atoms with Crippen LogP contribution in [0, 0.1) is 5.92 Å². The van der Waals surface area contributed by atoms with Crippen molar-refractivity contribution in [1.82, 2.24) is 4.31 Å². The first kappa shape index (κ1) is 18.1. The van der Waals surface area contributed by atoms with Crippen LogP contribution in [0.4, 0.5) is 5.69 Å². The molecule has 1 aromatic heterocycles. The molecule has 7 heteroatoms. The van der Waals surface area contributed by atoms with Crippen molar-refractivity contribution in [1.29, 1.82) is 0 Å². The summed E-state index contributed by atoms with van der Waals surface area (Å²) in [6.45, 7) is 3.22. The predicted octanol–water partition coefficient (Wildman–Crippen LogP) is 3.35. The van der Waals surface area contributed by atoms with Crippen molar-refractivity contribution in [3.8, 4) is 0 Å². The molecule has 0 bridgehead atoms. The third kappa shape index (κ3) is 4.48. The van der Waals surface area contributed by atoms with Crippen LogP contribution in [0.25, 0.3) is 0 Å². The molecule has 134 valence electrons. The maximum atomic E-state index is 12.7. The van der Waals surface area contributed by atoms with Crippen molar-refractivity contribution in [2.24, 2.45) is 5.92 Å². The monoisotopic (exact) mass is 378 g/mol. The predicted molar refractivity (Wildman–Crippen MR) is 100 cm³/mol. The number of benzene rings is 1. The number of rotatable bonds is 5. The maximum Gasteiger partial charge on any atom is 0.243 e. The Morgan fingerprint density at radius 3 is 2.68 bits per heavy atom. The molecule has 1 aromatic carbocycles. The van der Waals surface area contributed by atoms with Gasteiger partial charge in [-0.3, -0.25) is 4.79 Å². The van der Waals surface area contributed by atoms with E-state index in [0.29, 0.717) is 31.1 Å². The number of carbonyl (C=O) groups excluding carboxylic acids is 1. The highest BCUT2D eigenvalue weighted by Crippen LogP contribution is 2.24. The Morgan fingerprint density at radius 1 is 1.28 bits per heavy atom. The summed E-state index contributed by atoms with van der Waals surface area (Å²) < 4.78 is 27.0. The Hall–Kier alpha value is -1.70. The van der Waals surface area contributed by atoms with E-state index in [-0.39, 0.29) is 10.8 Å². The summed E-state index contributed by atoms with van der Waals surface area (Å²) in [6, 6.07) is 8.33. The number of hydrogen-bond donors (Lipinski definition) is 1. The fourth-order valence-corrected chi connectivity index (χ4v) is 5.27. The standard InChI is InChI=1S/C18H22N2O3S2/c1-14-3-2-9-20(12-14)25(22,23)17-6-4-16(5-7-17)19-18(21)11-15-8-10-24-13-15/h4-8,10,13-14H,2-3,9,11-12H2,1H3,(H,19,21)/t14-/m1/s1. The van der Waals surface area contributed by atoms with Gasteiger partial charge >= 0.3 is 0 Å². The molecule has 2 heterocycles. The number of hydrogen-bond acceptors (Lipinski definition) is 4. The lowest BCUT2D eigenvalue weighted by Gasteiger charge is -2.30. The molecular formula is C18H22N2O3S2. The zero-order valence-electron chi connectivity index (χ0n) is 14.1. The molecule has 0 spiro atoms. The topological polar surface area (TPSA) is 66.5 Å². The summed E-state index contributed by atoms with van der Waals surface area (Å²) in [5.41, 5.74) is 1.58. The van der Waals surface area contributed by atoms with E-state index < -0.39 is 10.0 Å². The highest BCUT2D eigenvalue weighted by atomic mass is 32.2. The van der Waals surface area contributed by atoms with Gasteiger partial charge in [0, 0.05) is 18.8 Å². The van der Waals surface area contributed by atoms with Gasteiger partial charge < -0.3 is 5.32 Å². The summed E-state index contributed by atoms with van der Waals surface area (Å²) in [5.74, 6) is 0.276. The Kier molecular flexibility index (Phi) is 5.56. The van der Waals surface area contributed by atoms with Crippen molar-refractivity contribution in [3.63, 3.8) is 0 Å². The van der Waals surface area contributed by atoms with Crippen LogP contribution in [-0.2, 0) is 21.2 Å². The van der Waals surface area contributed by atoms with Gasteiger partial charge in [-0.2, -0.15) is 15.6 Å². The van der Waals surface area contributed by atoms with Gasteiger partial charge in [0.05, 0.1) is 11.3 Å². The van der Waals surface area contributed by atoms with E-state index in [2.05, 4.69) is 12.2 Å². The van der Waals surface area contributed by atoms with Crippen LogP contribution in [0.3, 0.4) is 0 Å². The van der Waals surface area contributed by atoms with Gasteiger partial charge in [0.2, 0.25) is 15.9 Å². The number of anilines is 1. The lowest BCUT2D eigenvalue weighted by molar-refractivity contribution is -0.115. The zero-order valence-corrected chi connectivity index (χ0v) is 15.8. The minimum Gasteiger partial charge on any atom is -0.326 e. The molecule has 1 atom stereocenters. The highest BCUT2D eigenvalue weighted by Gasteiger charge is 2.28. The fraction of sp³-hybridized carbons (Fsp3) is 0.389. The lowest BCUT2D eigenvalue weighted by Crippen LogP contribution is -2.39. The second-order valence-corrected chi connectivity index (χ2v) is 9.21. The van der Waals surface area contributed by atoms with E-state index in [1.165, 1.54) is 0 Å². The summed E-state index contributed by atoms with van der Waals surface area (Å²) >= 11 is 1.55. The molecule has 1 fully saturated rings. The molecule has 0 unspecified atom stereocenters. The largest absolute Gasteiger partial charge is 0.326 e. The molecular weight excluding hydrogens is 356 g/mol. The van der Waals surface area contributed by atoms with Crippen molar-refractivity contribution in [2.75, 3.05) is 18.4 Å². The van der Waals surface area contributed by atoms with E-state index in [1.54, 1.807) is 39.9 Å². The second-order valence-electron chi connectivity index (χ2n) is 6.49. The SMILES string of the molecule is C[C@@H]1CCCN(S(=O)(=O)c2ccc(NC(=O)Cc3ccsc3)cc2)C1. The van der Waals surface area contributed by atoms with E-state index in [0.717, 1.165) is 18.4 Å². The van der Waals surface area contributed by atoms with Crippen molar-refractivity contribution in [3.05, 3.63) is 46.7 Å². The fourth-order valence-electron chi connectivity index (χ4n) is 3.01. The van der Waals surface area contributed by atoms with Crippen LogP contribution < -0.4 is 5.32 Å². The number of sulfonamides is 1. The third-order valence-corrected chi connectivity index (χ3v) is 6.95. The van der Waals surface area contributed by atoms with Crippen LogP contribution in [0.1, 0.15) is 25.3 Å². The van der Waals surface area contributed by atoms with E-state index >= 15 is 0 Å². The number of nitrogens with one attached hydrogen (secondary N) is 1. The van der Waals surface area contributed by atoms with Gasteiger partial charge in [-0.1, -0.05) is 6.92 Å². The number of amides is 1. The van der Waals surface area contributed by atoms with E-state index in [4.69, 9.17) is 0 Å². The van der Waals surface area contributed by atoms with Gasteiger partial charge in [0.1, 0.15) is 0 Å². The number of nitrogens with zero attached hydrogens (tertiary/aromatic N) is 1. The second kappa shape index (κ2) is 7.68. The molecule has 1 aliphatic rings. The molecule has 1 amide bonds. The number of piperidine rings is 1. The minimum atomic E-state index is -3.46. The van der Waals surface area contributed by atoms with E-state index in [9.17, 15) is 13.2 Å². The molecule has 25 heavy (non-hydrogen) atoms. The van der Waals surface area contributed by atoms with Crippen LogP contribution in [0.5, 0.6) is 0 Å². The smallest absolute Gasteiger partial charge is 0.243 e. The maximum absolute atomic E-state index is 12.7. The normalized spacial score (nSPS) is 18.8. The van der Waals surface area contributed by atoms with Crippen LogP contribution in [0.2, 0.25) is 0 Å². The lowest BCUT2D eigenvalue weighted by atomic mass is 10.0. The Labute approximate surface area is 152 Å². The summed E-state index contributed by atoms with van der Waals surface area (Å²) in [4.78, 5) is 12.3. The van der Waals surface area contributed by atoms with Crippen molar-refractivity contribution < 1.29 is 13.2 Å². The van der Waals surface area contributed by atoms with E-state index in [1.807, 2.05) is 16.8 Å².